The van der Waals surface area contributed by atoms with Crippen LogP contribution in [-0.2, 0) is 23.7 Å². The molecule has 1 aromatic carbocycles. The average molecular weight is 502 g/mol. The van der Waals surface area contributed by atoms with Crippen LogP contribution in [0.15, 0.2) is 24.3 Å². The van der Waals surface area contributed by atoms with Crippen LogP contribution in [0.3, 0.4) is 0 Å². The highest BCUT2D eigenvalue weighted by Crippen LogP contribution is 2.41. The number of hydrogen-bond donors (Lipinski definition) is 0. The van der Waals surface area contributed by atoms with Crippen molar-refractivity contribution < 1.29 is 52.0 Å². The molecule has 1 aromatic rings. The Labute approximate surface area is 202 Å². The van der Waals surface area contributed by atoms with Crippen molar-refractivity contribution >= 4 is 29.8 Å². The molecular formula is C23H19FN2O10. The van der Waals surface area contributed by atoms with Crippen LogP contribution in [0, 0.1) is 5.82 Å². The Morgan fingerprint density at radius 1 is 0.639 bits per heavy atom. The fourth-order valence-electron chi connectivity index (χ4n) is 3.60. The van der Waals surface area contributed by atoms with Gasteiger partial charge in [-0.2, -0.15) is 5.10 Å². The molecule has 0 unspecified atom stereocenters. The molecule has 1 aliphatic carbocycles. The number of methoxy groups -OCH3 is 5. The van der Waals surface area contributed by atoms with E-state index in [9.17, 15) is 28.4 Å². The number of carbonyl (C=O) groups is 5. The summed E-state index contributed by atoms with van der Waals surface area (Å²) in [5, 5.41) is 4.27. The van der Waals surface area contributed by atoms with Crippen molar-refractivity contribution in [1.82, 2.24) is 9.78 Å². The van der Waals surface area contributed by atoms with E-state index in [4.69, 9.17) is 23.7 Å². The molecule has 0 saturated carbocycles. The first-order chi connectivity index (χ1) is 17.2. The van der Waals surface area contributed by atoms with Gasteiger partial charge in [0.15, 0.2) is 5.69 Å². The zero-order valence-corrected chi connectivity index (χ0v) is 19.7. The molecule has 2 aliphatic rings. The van der Waals surface area contributed by atoms with E-state index in [1.807, 2.05) is 0 Å². The summed E-state index contributed by atoms with van der Waals surface area (Å²) in [6.45, 7) is 0. The predicted molar refractivity (Wildman–Crippen MR) is 117 cm³/mol. The zero-order valence-electron chi connectivity index (χ0n) is 19.7. The van der Waals surface area contributed by atoms with E-state index in [2.05, 4.69) is 5.10 Å². The minimum absolute atomic E-state index is 0.0557. The van der Waals surface area contributed by atoms with Gasteiger partial charge in [0, 0.05) is 5.56 Å². The van der Waals surface area contributed by atoms with Gasteiger partial charge in [-0.05, 0) is 24.3 Å². The number of esters is 5. The third-order valence-corrected chi connectivity index (χ3v) is 5.13. The summed E-state index contributed by atoms with van der Waals surface area (Å²) in [4.78, 5) is 64.4. The van der Waals surface area contributed by atoms with Crippen molar-refractivity contribution in [2.75, 3.05) is 35.5 Å². The highest BCUT2D eigenvalue weighted by Gasteiger charge is 2.43. The summed E-state index contributed by atoms with van der Waals surface area (Å²) >= 11 is 0. The van der Waals surface area contributed by atoms with Crippen LogP contribution in [0.2, 0.25) is 0 Å². The zero-order chi connectivity index (χ0) is 26.7. The molecule has 36 heavy (non-hydrogen) atoms. The van der Waals surface area contributed by atoms with Gasteiger partial charge >= 0.3 is 29.8 Å². The molecule has 0 spiro atoms. The third-order valence-electron chi connectivity index (χ3n) is 5.13. The van der Waals surface area contributed by atoms with E-state index >= 15 is 0 Å². The number of halogens is 1. The standard InChI is InChI=1S/C23H19FN2O10/c1-32-19(27)13-12-16(22(30)35-4)18(23(31)36-5)26(11-8-6-10(24)7-9-11)25-17(12)15(21(29)34-3)14(13)20(28)33-2/h6-9H,1-5H3. The Bertz CT molecular complexity index is 1360. The van der Waals surface area contributed by atoms with E-state index in [1.165, 1.54) is 12.1 Å². The van der Waals surface area contributed by atoms with E-state index in [0.29, 0.717) is 0 Å². The van der Waals surface area contributed by atoms with Gasteiger partial charge in [0.2, 0.25) is 0 Å². The average Bonchev–Trinajstić information content (AvgIpc) is 3.24. The Hall–Kier alpha value is -4.81. The molecule has 13 heteroatoms. The maximum absolute atomic E-state index is 13.6. The van der Waals surface area contributed by atoms with Crippen LogP contribution in [-0.4, -0.2) is 75.2 Å². The van der Waals surface area contributed by atoms with Crippen molar-refractivity contribution in [2.24, 2.45) is 0 Å². The lowest BCUT2D eigenvalue weighted by Gasteiger charge is -2.19. The quantitative estimate of drug-likeness (QED) is 0.360. The molecule has 1 heterocycles. The van der Waals surface area contributed by atoms with Crippen LogP contribution in [0.25, 0.3) is 16.9 Å². The summed E-state index contributed by atoms with van der Waals surface area (Å²) < 4.78 is 38.5. The second-order valence-corrected chi connectivity index (χ2v) is 6.92. The van der Waals surface area contributed by atoms with Gasteiger partial charge in [-0.1, -0.05) is 0 Å². The number of rotatable bonds is 6. The highest BCUT2D eigenvalue weighted by atomic mass is 19.1. The van der Waals surface area contributed by atoms with E-state index in [0.717, 1.165) is 52.4 Å². The second kappa shape index (κ2) is 10.2. The monoisotopic (exact) mass is 502 g/mol. The van der Waals surface area contributed by atoms with Crippen LogP contribution in [0.5, 0.6) is 0 Å². The predicted octanol–water partition coefficient (Wildman–Crippen LogP) is 2.05. The number of hydrogen-bond acceptors (Lipinski definition) is 11. The first-order valence-electron chi connectivity index (χ1n) is 9.96. The number of benzene rings is 1. The van der Waals surface area contributed by atoms with Crippen LogP contribution >= 0.6 is 0 Å². The van der Waals surface area contributed by atoms with Crippen LogP contribution in [0.1, 0.15) is 51.9 Å². The molecule has 12 nitrogen and oxygen atoms in total. The molecule has 0 saturated heterocycles. The lowest BCUT2D eigenvalue weighted by atomic mass is 10.00. The molecule has 0 radical (unpaired) electrons. The van der Waals surface area contributed by atoms with Crippen LogP contribution < -0.4 is 0 Å². The number of carbonyl (C=O) groups excluding carboxylic acids is 5. The van der Waals surface area contributed by atoms with Gasteiger partial charge in [0.25, 0.3) is 0 Å². The summed E-state index contributed by atoms with van der Waals surface area (Å²) in [5.41, 5.74) is -3.66. The maximum atomic E-state index is 13.6. The number of aromatic nitrogens is 2. The topological polar surface area (TPSA) is 149 Å². The maximum Gasteiger partial charge on any atom is 0.357 e. The SMILES string of the molecule is COC(=O)c1c2nn(-c3ccc(F)cc3)c(C(=O)OC)c(C(=O)OC)c-2c(C(=O)OC)c1C(=O)OC. The Morgan fingerprint density at radius 3 is 1.58 bits per heavy atom. The molecule has 0 bridgehead atoms. The molecular weight excluding hydrogens is 483 g/mol. The summed E-state index contributed by atoms with van der Waals surface area (Å²) in [6, 6.07) is 4.56. The molecule has 1 aliphatic heterocycles. The molecule has 188 valence electrons. The Morgan fingerprint density at radius 2 is 1.08 bits per heavy atom. The Balaban J connectivity index is 2.73. The van der Waals surface area contributed by atoms with Gasteiger partial charge in [-0.25, -0.2) is 33.0 Å². The molecule has 0 fully saturated rings. The molecule has 0 aromatic heterocycles. The summed E-state index contributed by atoms with van der Waals surface area (Å²) in [6.07, 6.45) is 0. The number of ether oxygens (including phenoxy) is 5. The van der Waals surface area contributed by atoms with Gasteiger partial charge < -0.3 is 23.7 Å². The smallest absolute Gasteiger partial charge is 0.357 e. The van der Waals surface area contributed by atoms with Crippen molar-refractivity contribution in [3.8, 4) is 16.9 Å². The molecule has 0 atom stereocenters. The second-order valence-electron chi connectivity index (χ2n) is 6.92. The summed E-state index contributed by atoms with van der Waals surface area (Å²) in [5.74, 6) is -6.30. The molecule has 0 N–H and O–H groups in total. The van der Waals surface area contributed by atoms with Crippen LogP contribution in [0.4, 0.5) is 4.39 Å². The minimum Gasteiger partial charge on any atom is -0.465 e. The lowest BCUT2D eigenvalue weighted by Crippen LogP contribution is -2.24. The highest BCUT2D eigenvalue weighted by molar-refractivity contribution is 6.22. The third kappa shape index (κ3) is 4.10. The van der Waals surface area contributed by atoms with Gasteiger partial charge in [-0.3, -0.25) is 0 Å². The molecule has 3 rings (SSSR count). The van der Waals surface area contributed by atoms with Crippen molar-refractivity contribution in [3.63, 3.8) is 0 Å². The van der Waals surface area contributed by atoms with E-state index in [1.54, 1.807) is 0 Å². The van der Waals surface area contributed by atoms with Gasteiger partial charge in [-0.15, -0.1) is 0 Å². The van der Waals surface area contributed by atoms with Gasteiger partial charge in [0.05, 0.1) is 52.4 Å². The molecule has 0 amide bonds. The Kier molecular flexibility index (Phi) is 7.32. The van der Waals surface area contributed by atoms with E-state index in [-0.39, 0.29) is 5.69 Å². The normalized spacial score (nSPS) is 10.5. The number of fused-ring (bicyclic) bond motifs is 1. The first kappa shape index (κ1) is 25.8. The first-order valence-corrected chi connectivity index (χ1v) is 9.96. The largest absolute Gasteiger partial charge is 0.465 e. The minimum atomic E-state index is -1.16. The van der Waals surface area contributed by atoms with Crippen molar-refractivity contribution in [3.05, 3.63) is 58.0 Å². The fourth-order valence-corrected chi connectivity index (χ4v) is 3.60. The fraction of sp³-hybridized carbons (Fsp3) is 0.217. The summed E-state index contributed by atoms with van der Waals surface area (Å²) in [7, 11) is 5.03. The van der Waals surface area contributed by atoms with Gasteiger partial charge in [0.1, 0.15) is 22.6 Å². The van der Waals surface area contributed by atoms with Crippen molar-refractivity contribution in [2.45, 2.75) is 0 Å². The van der Waals surface area contributed by atoms with Crippen molar-refractivity contribution in [1.29, 1.82) is 0 Å². The number of nitrogens with zero attached hydrogens (tertiary/aromatic N) is 2. The lowest BCUT2D eigenvalue weighted by molar-refractivity contribution is 0.0538. The van der Waals surface area contributed by atoms with E-state index < -0.39 is 74.9 Å².